The number of carbonyl (C=O) groups is 2. The van der Waals surface area contributed by atoms with Crippen molar-refractivity contribution >= 4 is 11.9 Å². The molecule has 178 valence electrons. The highest BCUT2D eigenvalue weighted by molar-refractivity contribution is 5.91. The van der Waals surface area contributed by atoms with Gasteiger partial charge in [0.1, 0.15) is 23.9 Å². The van der Waals surface area contributed by atoms with Crippen LogP contribution >= 0.6 is 0 Å². The fourth-order valence-corrected chi connectivity index (χ4v) is 5.76. The van der Waals surface area contributed by atoms with Crippen LogP contribution in [0.1, 0.15) is 55.1 Å². The van der Waals surface area contributed by atoms with Gasteiger partial charge < -0.3 is 10.5 Å². The highest BCUT2D eigenvalue weighted by Crippen LogP contribution is 2.49. The van der Waals surface area contributed by atoms with Crippen LogP contribution in [0.2, 0.25) is 0 Å². The van der Waals surface area contributed by atoms with Crippen LogP contribution in [0.5, 0.6) is 0 Å². The molecule has 3 aromatic rings. The van der Waals surface area contributed by atoms with E-state index in [9.17, 15) is 9.59 Å². The van der Waals surface area contributed by atoms with Crippen LogP contribution in [-0.4, -0.2) is 23.6 Å². The zero-order chi connectivity index (χ0) is 24.1. The molecule has 1 saturated carbocycles. The van der Waals surface area contributed by atoms with Gasteiger partial charge in [-0.25, -0.2) is 9.13 Å². The second-order valence-corrected chi connectivity index (χ2v) is 9.19. The van der Waals surface area contributed by atoms with Gasteiger partial charge in [0.15, 0.2) is 0 Å². The van der Waals surface area contributed by atoms with Crippen LogP contribution in [-0.2, 0) is 26.3 Å². The molecule has 0 saturated heterocycles. The van der Waals surface area contributed by atoms with Gasteiger partial charge >= 0.3 is 5.97 Å². The summed E-state index contributed by atoms with van der Waals surface area (Å²) in [5.74, 6) is 0.771. The first kappa shape index (κ1) is 23.7. The zero-order valence-electron chi connectivity index (χ0n) is 20.0. The van der Waals surface area contributed by atoms with Gasteiger partial charge in [-0.05, 0) is 42.7 Å². The van der Waals surface area contributed by atoms with Crippen molar-refractivity contribution in [3.05, 3.63) is 90.0 Å². The van der Waals surface area contributed by atoms with Gasteiger partial charge in [0.05, 0.1) is 13.7 Å². The number of carbonyl (C=O) groups excluding carboxylic acids is 2. The number of amides is 1. The maximum Gasteiger partial charge on any atom is 0.305 e. The number of ether oxygens (including phenoxy) is 1. The average Bonchev–Trinajstić information content (AvgIpc) is 3.48. The van der Waals surface area contributed by atoms with Crippen molar-refractivity contribution in [1.29, 1.82) is 0 Å². The Kier molecular flexibility index (Phi) is 7.15. The molecule has 2 aromatic carbocycles. The van der Waals surface area contributed by atoms with E-state index in [0.29, 0.717) is 6.42 Å². The number of primary amides is 1. The normalized spacial score (nSPS) is 18.1. The maximum absolute atomic E-state index is 13.3. The number of hydrogen-bond acceptors (Lipinski definition) is 3. The molecular weight excluding hydrogens is 426 g/mol. The summed E-state index contributed by atoms with van der Waals surface area (Å²) in [4.78, 5) is 24.7. The van der Waals surface area contributed by atoms with Crippen molar-refractivity contribution < 1.29 is 18.9 Å². The van der Waals surface area contributed by atoms with E-state index in [0.717, 1.165) is 49.2 Å². The van der Waals surface area contributed by atoms with Crippen LogP contribution in [0.25, 0.3) is 0 Å². The summed E-state index contributed by atoms with van der Waals surface area (Å²) in [7, 11) is 1.42. The molecule has 0 spiro atoms. The fourth-order valence-electron chi connectivity index (χ4n) is 5.76. The number of imidazole rings is 1. The Hall–Kier alpha value is -3.41. The third-order valence-corrected chi connectivity index (χ3v) is 7.46. The molecule has 6 heteroatoms. The molecule has 0 aliphatic heterocycles. The number of esters is 1. The fraction of sp³-hybridized carbons (Fsp3) is 0.393. The number of nitrogens with zero attached hydrogens (tertiary/aromatic N) is 2. The van der Waals surface area contributed by atoms with E-state index in [-0.39, 0.29) is 23.8 Å². The quantitative estimate of drug-likeness (QED) is 0.389. The molecule has 0 radical (unpaired) electrons. The number of benzene rings is 2. The van der Waals surface area contributed by atoms with Crippen molar-refractivity contribution in [2.24, 2.45) is 11.7 Å². The van der Waals surface area contributed by atoms with Crippen LogP contribution in [0.4, 0.5) is 0 Å². The molecule has 1 amide bonds. The third kappa shape index (κ3) is 4.37. The second kappa shape index (κ2) is 10.2. The Bertz CT molecular complexity index is 1080. The lowest BCUT2D eigenvalue weighted by atomic mass is 9.64. The van der Waals surface area contributed by atoms with E-state index in [2.05, 4.69) is 28.5 Å². The van der Waals surface area contributed by atoms with Gasteiger partial charge in [-0.3, -0.25) is 9.59 Å². The minimum Gasteiger partial charge on any atom is -0.469 e. The first-order chi connectivity index (χ1) is 16.5. The summed E-state index contributed by atoms with van der Waals surface area (Å²) in [6, 6.07) is 20.3. The number of aryl methyl sites for hydroxylation is 1. The van der Waals surface area contributed by atoms with Crippen molar-refractivity contribution in [2.45, 2.75) is 57.0 Å². The third-order valence-electron chi connectivity index (χ3n) is 7.46. The first-order valence-corrected chi connectivity index (χ1v) is 12.0. The Morgan fingerprint density at radius 1 is 1.06 bits per heavy atom. The summed E-state index contributed by atoms with van der Waals surface area (Å²) in [5.41, 5.74) is 7.29. The number of methoxy groups -OCH3 is 1. The Morgan fingerprint density at radius 3 is 2.24 bits per heavy atom. The van der Waals surface area contributed by atoms with E-state index in [1.165, 1.54) is 7.11 Å². The molecule has 34 heavy (non-hydrogen) atoms. The van der Waals surface area contributed by atoms with Crippen LogP contribution in [0.15, 0.2) is 73.1 Å². The molecule has 2 N–H and O–H groups in total. The Labute approximate surface area is 201 Å². The van der Waals surface area contributed by atoms with Gasteiger partial charge in [-0.15, -0.1) is 0 Å². The minimum absolute atomic E-state index is 0.0920. The summed E-state index contributed by atoms with van der Waals surface area (Å²) >= 11 is 0. The largest absolute Gasteiger partial charge is 0.469 e. The molecule has 1 aliphatic rings. The second-order valence-electron chi connectivity index (χ2n) is 9.19. The monoisotopic (exact) mass is 460 g/mol. The predicted molar refractivity (Wildman–Crippen MR) is 130 cm³/mol. The number of aromatic nitrogens is 2. The highest BCUT2D eigenvalue weighted by Gasteiger charge is 2.51. The SMILES string of the molecule is COC(=O)CCC[n+]1ccn([C@H]2CC[C@@H](C(C(N)=O)(c3ccccc3)c3ccccc3)C2)c1C. The molecule has 4 rings (SSSR count). The lowest BCUT2D eigenvalue weighted by molar-refractivity contribution is -0.702. The molecular formula is C28H34N3O3+. The zero-order valence-corrected chi connectivity index (χ0v) is 20.0. The van der Waals surface area contributed by atoms with Crippen molar-refractivity contribution in [1.82, 2.24) is 4.57 Å². The standard InChI is InChI=1S/C28H33N3O3/c1-21-30(17-9-14-26(32)34-2)18-19-31(21)25-16-15-24(20-25)28(27(29)33,22-10-5-3-6-11-22)23-12-7-4-8-13-23/h3-8,10-13,18-19,24-25H,9,14-17,20H2,1-2H3,(H-,29,33)/p+1/t24-,25+/m1/s1. The molecule has 2 atom stereocenters. The summed E-state index contributed by atoms with van der Waals surface area (Å²) < 4.78 is 9.26. The van der Waals surface area contributed by atoms with Crippen molar-refractivity contribution in [3.8, 4) is 0 Å². The topological polar surface area (TPSA) is 78.2 Å². The van der Waals surface area contributed by atoms with E-state index >= 15 is 0 Å². The number of rotatable bonds is 9. The molecule has 0 bridgehead atoms. The van der Waals surface area contributed by atoms with Crippen LogP contribution < -0.4 is 10.3 Å². The van der Waals surface area contributed by atoms with E-state index < -0.39 is 5.41 Å². The molecule has 0 unspecified atom stereocenters. The van der Waals surface area contributed by atoms with Crippen LogP contribution in [0.3, 0.4) is 0 Å². The minimum atomic E-state index is -0.866. The van der Waals surface area contributed by atoms with E-state index in [1.807, 2.05) is 60.7 Å². The lowest BCUT2D eigenvalue weighted by Gasteiger charge is -2.37. The van der Waals surface area contributed by atoms with Crippen molar-refractivity contribution in [2.75, 3.05) is 7.11 Å². The summed E-state index contributed by atoms with van der Waals surface area (Å²) in [6.07, 6.45) is 8.11. The predicted octanol–water partition coefficient (Wildman–Crippen LogP) is 3.85. The van der Waals surface area contributed by atoms with E-state index in [4.69, 9.17) is 10.5 Å². The van der Waals surface area contributed by atoms with Crippen LogP contribution in [0, 0.1) is 12.8 Å². The van der Waals surface area contributed by atoms with Gasteiger partial charge in [-0.2, -0.15) is 0 Å². The number of nitrogens with two attached hydrogens (primary N) is 1. The van der Waals surface area contributed by atoms with Gasteiger partial charge in [0, 0.05) is 13.3 Å². The van der Waals surface area contributed by atoms with Gasteiger partial charge in [0.2, 0.25) is 5.91 Å². The number of hydrogen-bond donors (Lipinski definition) is 1. The molecule has 1 aromatic heterocycles. The molecule has 1 fully saturated rings. The van der Waals surface area contributed by atoms with Gasteiger partial charge in [-0.1, -0.05) is 60.7 Å². The summed E-state index contributed by atoms with van der Waals surface area (Å²) in [5, 5.41) is 0. The van der Waals surface area contributed by atoms with E-state index in [1.54, 1.807) is 0 Å². The summed E-state index contributed by atoms with van der Waals surface area (Å²) in [6.45, 7) is 2.88. The molecule has 1 heterocycles. The lowest BCUT2D eigenvalue weighted by Crippen LogP contribution is -2.47. The molecule has 1 aliphatic carbocycles. The maximum atomic E-state index is 13.3. The first-order valence-electron chi connectivity index (χ1n) is 12.0. The van der Waals surface area contributed by atoms with Gasteiger partial charge in [0.25, 0.3) is 5.82 Å². The Morgan fingerprint density at radius 2 is 1.68 bits per heavy atom. The average molecular weight is 461 g/mol. The molecule has 6 nitrogen and oxygen atoms in total. The Balaban J connectivity index is 1.62. The van der Waals surface area contributed by atoms with Crippen molar-refractivity contribution in [3.63, 3.8) is 0 Å². The smallest absolute Gasteiger partial charge is 0.305 e. The highest BCUT2D eigenvalue weighted by atomic mass is 16.5.